The van der Waals surface area contributed by atoms with Gasteiger partial charge in [0.2, 0.25) is 6.19 Å². The minimum absolute atomic E-state index is 0.118. The highest BCUT2D eigenvalue weighted by Gasteiger charge is 2.47. The van der Waals surface area contributed by atoms with Crippen LogP contribution in [0.25, 0.3) is 11.1 Å². The van der Waals surface area contributed by atoms with E-state index >= 15 is 0 Å². The molecule has 1 spiro atoms. The van der Waals surface area contributed by atoms with Gasteiger partial charge in [0.1, 0.15) is 5.75 Å². The number of nitrogens with zero attached hydrogens (tertiary/aromatic N) is 2. The fourth-order valence-electron chi connectivity index (χ4n) is 4.58. The average Bonchev–Trinajstić information content (AvgIpc) is 2.98. The molecule has 0 unspecified atom stereocenters. The minimum atomic E-state index is -0.608. The van der Waals surface area contributed by atoms with Crippen LogP contribution in [0.4, 0.5) is 0 Å². The fourth-order valence-corrected chi connectivity index (χ4v) is 4.58. The van der Waals surface area contributed by atoms with Crippen molar-refractivity contribution in [2.75, 3.05) is 7.11 Å². The predicted molar refractivity (Wildman–Crippen MR) is 106 cm³/mol. The monoisotopic (exact) mass is 360 g/mol. The molecule has 0 aliphatic heterocycles. The van der Waals surface area contributed by atoms with Crippen LogP contribution in [0.5, 0.6) is 5.75 Å². The Bertz CT molecular complexity index is 943. The van der Waals surface area contributed by atoms with Crippen LogP contribution in [-0.4, -0.2) is 23.5 Å². The number of aliphatic hydroxyl groups is 1. The molecule has 4 rings (SSSR count). The van der Waals surface area contributed by atoms with Gasteiger partial charge in [0, 0.05) is 11.0 Å². The van der Waals surface area contributed by atoms with Crippen molar-refractivity contribution in [2.24, 2.45) is 10.4 Å². The summed E-state index contributed by atoms with van der Waals surface area (Å²) in [4.78, 5) is 4.27. The maximum atomic E-state index is 10.4. The van der Waals surface area contributed by atoms with Crippen molar-refractivity contribution in [2.45, 2.75) is 44.6 Å². The molecule has 2 aliphatic carbocycles. The highest BCUT2D eigenvalue weighted by molar-refractivity contribution is 6.10. The van der Waals surface area contributed by atoms with Crippen molar-refractivity contribution < 1.29 is 9.84 Å². The lowest BCUT2D eigenvalue weighted by Crippen LogP contribution is -2.40. The van der Waals surface area contributed by atoms with Gasteiger partial charge in [0.25, 0.3) is 0 Å². The number of aliphatic imine (C=N–C) groups is 1. The van der Waals surface area contributed by atoms with Crippen LogP contribution in [0.15, 0.2) is 47.5 Å². The summed E-state index contributed by atoms with van der Waals surface area (Å²) < 4.78 is 5.35. The third-order valence-electron chi connectivity index (χ3n) is 6.25. The Balaban J connectivity index is 1.75. The molecule has 0 amide bonds. The van der Waals surface area contributed by atoms with Crippen molar-refractivity contribution >= 4 is 5.71 Å². The molecule has 0 aromatic heterocycles. The number of nitriles is 1. The molecule has 0 radical (unpaired) electrons. The van der Waals surface area contributed by atoms with Crippen LogP contribution in [0, 0.1) is 16.9 Å². The molecular formula is C23H24N2O2. The summed E-state index contributed by atoms with van der Waals surface area (Å²) in [5, 5.41) is 19.7. The Morgan fingerprint density at radius 3 is 2.52 bits per heavy atom. The summed E-state index contributed by atoms with van der Waals surface area (Å²) in [6.07, 6.45) is 6.14. The number of methoxy groups -OCH3 is 1. The van der Waals surface area contributed by atoms with E-state index in [0.717, 1.165) is 60.3 Å². The number of hydrogen-bond donors (Lipinski definition) is 1. The van der Waals surface area contributed by atoms with Gasteiger partial charge in [0.05, 0.1) is 18.4 Å². The van der Waals surface area contributed by atoms with E-state index in [1.165, 1.54) is 5.56 Å². The van der Waals surface area contributed by atoms with E-state index in [4.69, 9.17) is 4.74 Å². The molecule has 2 aromatic carbocycles. The first-order chi connectivity index (χ1) is 13.0. The SMILES string of the molecule is COc1cccc(-c2ccc3c(c2)C(=NC#N)C2(CCC(C)(O)CC2)C3)c1. The minimum Gasteiger partial charge on any atom is -0.497 e. The first-order valence-corrected chi connectivity index (χ1v) is 9.44. The number of benzene rings is 2. The molecule has 1 N–H and O–H groups in total. The molecule has 2 aromatic rings. The maximum Gasteiger partial charge on any atom is 0.205 e. The third kappa shape index (κ3) is 3.13. The van der Waals surface area contributed by atoms with Crippen LogP contribution in [0.3, 0.4) is 0 Å². The van der Waals surface area contributed by atoms with Gasteiger partial charge < -0.3 is 9.84 Å². The smallest absolute Gasteiger partial charge is 0.205 e. The molecule has 2 aliphatic rings. The molecule has 138 valence electrons. The Morgan fingerprint density at radius 1 is 1.07 bits per heavy atom. The van der Waals surface area contributed by atoms with Crippen molar-refractivity contribution in [3.63, 3.8) is 0 Å². The second kappa shape index (κ2) is 6.51. The Morgan fingerprint density at radius 2 is 1.81 bits per heavy atom. The maximum absolute atomic E-state index is 10.4. The normalized spacial score (nSPS) is 28.1. The molecule has 1 fully saturated rings. The Hall–Kier alpha value is -2.64. The van der Waals surface area contributed by atoms with E-state index in [9.17, 15) is 10.4 Å². The van der Waals surface area contributed by atoms with Crippen molar-refractivity contribution in [3.8, 4) is 23.1 Å². The van der Waals surface area contributed by atoms with Crippen LogP contribution >= 0.6 is 0 Å². The molecule has 4 nitrogen and oxygen atoms in total. The number of ether oxygens (including phenoxy) is 1. The second-order valence-corrected chi connectivity index (χ2v) is 8.12. The standard InChI is InChI=1S/C23H24N2O2/c1-22(26)8-10-23(11-9-22)14-18-7-6-17(13-20(18)21(23)25-15-24)16-4-3-5-19(12-16)27-2/h3-7,12-13,26H,8-11,14H2,1-2H3. The van der Waals surface area contributed by atoms with Gasteiger partial charge in [-0.3, -0.25) is 0 Å². The van der Waals surface area contributed by atoms with E-state index in [-0.39, 0.29) is 5.41 Å². The summed E-state index contributed by atoms with van der Waals surface area (Å²) in [6, 6.07) is 14.5. The van der Waals surface area contributed by atoms with Gasteiger partial charge in [0.15, 0.2) is 0 Å². The van der Waals surface area contributed by atoms with Gasteiger partial charge in [-0.1, -0.05) is 24.3 Å². The Labute approximate surface area is 160 Å². The molecule has 0 heterocycles. The third-order valence-corrected chi connectivity index (χ3v) is 6.25. The Kier molecular flexibility index (Phi) is 4.28. The largest absolute Gasteiger partial charge is 0.497 e. The average molecular weight is 360 g/mol. The molecule has 1 saturated carbocycles. The van der Waals surface area contributed by atoms with Gasteiger partial charge in [-0.2, -0.15) is 10.3 Å². The zero-order valence-corrected chi connectivity index (χ0v) is 15.8. The number of fused-ring (bicyclic) bond motifs is 1. The van der Waals surface area contributed by atoms with Crippen molar-refractivity contribution in [1.82, 2.24) is 0 Å². The summed E-state index contributed by atoms with van der Waals surface area (Å²) in [5.74, 6) is 0.824. The summed E-state index contributed by atoms with van der Waals surface area (Å²) in [5.41, 5.74) is 4.69. The predicted octanol–water partition coefficient (Wildman–Crippen LogP) is 4.50. The number of rotatable bonds is 2. The number of hydrogen-bond acceptors (Lipinski definition) is 4. The van der Waals surface area contributed by atoms with Crippen LogP contribution in [0.1, 0.15) is 43.7 Å². The van der Waals surface area contributed by atoms with Crippen molar-refractivity contribution in [3.05, 3.63) is 53.6 Å². The van der Waals surface area contributed by atoms with Gasteiger partial charge in [-0.15, -0.1) is 0 Å². The van der Waals surface area contributed by atoms with E-state index in [0.29, 0.717) is 0 Å². The highest BCUT2D eigenvalue weighted by atomic mass is 16.5. The van der Waals surface area contributed by atoms with E-state index in [1.807, 2.05) is 31.3 Å². The quantitative estimate of drug-likeness (QED) is 0.802. The first kappa shape index (κ1) is 17.8. The lowest BCUT2D eigenvalue weighted by molar-refractivity contribution is -0.00155. The molecule has 4 heteroatoms. The zero-order valence-electron chi connectivity index (χ0n) is 15.8. The molecule has 0 saturated heterocycles. The van der Waals surface area contributed by atoms with E-state index in [2.05, 4.69) is 29.3 Å². The summed E-state index contributed by atoms with van der Waals surface area (Å²) in [7, 11) is 1.67. The lowest BCUT2D eigenvalue weighted by Gasteiger charge is -2.40. The van der Waals surface area contributed by atoms with Gasteiger partial charge >= 0.3 is 0 Å². The molecular weight excluding hydrogens is 336 g/mol. The highest BCUT2D eigenvalue weighted by Crippen LogP contribution is 2.50. The fraction of sp³-hybridized carbons (Fsp3) is 0.391. The summed E-state index contributed by atoms with van der Waals surface area (Å²) >= 11 is 0. The van der Waals surface area contributed by atoms with Crippen LogP contribution in [0.2, 0.25) is 0 Å². The molecule has 0 bridgehead atoms. The van der Waals surface area contributed by atoms with E-state index < -0.39 is 5.60 Å². The summed E-state index contributed by atoms with van der Waals surface area (Å²) in [6.45, 7) is 1.91. The topological polar surface area (TPSA) is 65.6 Å². The van der Waals surface area contributed by atoms with Gasteiger partial charge in [-0.25, -0.2) is 0 Å². The lowest BCUT2D eigenvalue weighted by atomic mass is 9.66. The molecule has 27 heavy (non-hydrogen) atoms. The molecule has 0 atom stereocenters. The van der Waals surface area contributed by atoms with Gasteiger partial charge in [-0.05, 0) is 73.9 Å². The van der Waals surface area contributed by atoms with Crippen LogP contribution in [-0.2, 0) is 6.42 Å². The van der Waals surface area contributed by atoms with Crippen molar-refractivity contribution in [1.29, 1.82) is 5.26 Å². The van der Waals surface area contributed by atoms with E-state index in [1.54, 1.807) is 7.11 Å². The first-order valence-electron chi connectivity index (χ1n) is 9.44. The second-order valence-electron chi connectivity index (χ2n) is 8.12. The zero-order chi connectivity index (χ0) is 19.1. The van der Waals surface area contributed by atoms with Crippen LogP contribution < -0.4 is 4.74 Å².